The summed E-state index contributed by atoms with van der Waals surface area (Å²) in [4.78, 5) is 16.8. The fourth-order valence-corrected chi connectivity index (χ4v) is 3.30. The maximum atomic E-state index is 12.6. The highest BCUT2D eigenvalue weighted by molar-refractivity contribution is 6.30. The highest BCUT2D eigenvalue weighted by Crippen LogP contribution is 2.21. The van der Waals surface area contributed by atoms with E-state index in [0.29, 0.717) is 10.6 Å². The molecule has 120 valence electrons. The predicted molar refractivity (Wildman–Crippen MR) is 95.5 cm³/mol. The third-order valence-corrected chi connectivity index (χ3v) is 4.45. The van der Waals surface area contributed by atoms with E-state index in [1.54, 1.807) is 12.1 Å². The summed E-state index contributed by atoms with van der Waals surface area (Å²) in [6.45, 7) is 7.42. The van der Waals surface area contributed by atoms with Crippen LogP contribution < -0.4 is 4.90 Å². The second kappa shape index (κ2) is 6.63. The molecule has 1 amide bonds. The summed E-state index contributed by atoms with van der Waals surface area (Å²) in [5.41, 5.74) is 4.46. The fraction of sp³-hybridized carbons (Fsp3) is 0.316. The Balaban J connectivity index is 1.67. The molecule has 1 saturated heterocycles. The van der Waals surface area contributed by atoms with E-state index in [1.165, 1.54) is 16.8 Å². The van der Waals surface area contributed by atoms with Crippen LogP contribution in [0.5, 0.6) is 0 Å². The number of aryl methyl sites for hydroxylation is 2. The van der Waals surface area contributed by atoms with Crippen molar-refractivity contribution in [1.82, 2.24) is 4.90 Å². The van der Waals surface area contributed by atoms with Gasteiger partial charge in [0.05, 0.1) is 0 Å². The molecular weight excluding hydrogens is 308 g/mol. The molecule has 4 heteroatoms. The van der Waals surface area contributed by atoms with Gasteiger partial charge in [0.2, 0.25) is 0 Å². The zero-order chi connectivity index (χ0) is 16.4. The Kier molecular flexibility index (Phi) is 4.58. The van der Waals surface area contributed by atoms with Crippen LogP contribution in [0.3, 0.4) is 0 Å². The number of hydrogen-bond acceptors (Lipinski definition) is 2. The van der Waals surface area contributed by atoms with Gasteiger partial charge < -0.3 is 9.80 Å². The van der Waals surface area contributed by atoms with Crippen LogP contribution in [0.4, 0.5) is 5.69 Å². The third kappa shape index (κ3) is 3.67. The summed E-state index contributed by atoms with van der Waals surface area (Å²) < 4.78 is 0. The van der Waals surface area contributed by atoms with Crippen molar-refractivity contribution in [2.75, 3.05) is 31.1 Å². The van der Waals surface area contributed by atoms with Crippen molar-refractivity contribution in [3.05, 3.63) is 64.2 Å². The Morgan fingerprint density at radius 3 is 2.22 bits per heavy atom. The van der Waals surface area contributed by atoms with Gasteiger partial charge in [0.1, 0.15) is 0 Å². The van der Waals surface area contributed by atoms with Gasteiger partial charge in [-0.25, -0.2) is 0 Å². The lowest BCUT2D eigenvalue weighted by atomic mass is 10.1. The molecule has 0 bridgehead atoms. The number of halogens is 1. The van der Waals surface area contributed by atoms with Gasteiger partial charge in [0.15, 0.2) is 0 Å². The lowest BCUT2D eigenvalue weighted by molar-refractivity contribution is 0.0747. The van der Waals surface area contributed by atoms with Crippen LogP contribution in [0.2, 0.25) is 5.02 Å². The molecule has 0 spiro atoms. The molecule has 0 saturated carbocycles. The monoisotopic (exact) mass is 328 g/mol. The van der Waals surface area contributed by atoms with Crippen molar-refractivity contribution in [2.45, 2.75) is 13.8 Å². The minimum absolute atomic E-state index is 0.0626. The molecule has 0 aromatic heterocycles. The maximum absolute atomic E-state index is 12.6. The second-order valence-electron chi connectivity index (χ2n) is 6.14. The molecule has 0 unspecified atom stereocenters. The van der Waals surface area contributed by atoms with Gasteiger partial charge >= 0.3 is 0 Å². The predicted octanol–water partition coefficient (Wildman–Crippen LogP) is 3.92. The number of carbonyl (C=O) groups is 1. The molecule has 1 aliphatic heterocycles. The van der Waals surface area contributed by atoms with Gasteiger partial charge in [-0.15, -0.1) is 0 Å². The Morgan fingerprint density at radius 2 is 1.61 bits per heavy atom. The van der Waals surface area contributed by atoms with E-state index in [-0.39, 0.29) is 5.91 Å². The second-order valence-corrected chi connectivity index (χ2v) is 6.57. The molecule has 1 heterocycles. The number of piperazine rings is 1. The summed E-state index contributed by atoms with van der Waals surface area (Å²) >= 11 is 5.98. The lowest BCUT2D eigenvalue weighted by Gasteiger charge is -2.36. The number of hydrogen-bond donors (Lipinski definition) is 0. The smallest absolute Gasteiger partial charge is 0.254 e. The molecule has 1 fully saturated rings. The van der Waals surface area contributed by atoms with Gasteiger partial charge in [-0.05, 0) is 55.3 Å². The van der Waals surface area contributed by atoms with Gasteiger partial charge in [0, 0.05) is 42.5 Å². The zero-order valence-corrected chi connectivity index (χ0v) is 14.3. The van der Waals surface area contributed by atoms with E-state index in [2.05, 4.69) is 36.9 Å². The minimum atomic E-state index is 0.0626. The summed E-state index contributed by atoms with van der Waals surface area (Å²) in [6.07, 6.45) is 0. The van der Waals surface area contributed by atoms with Gasteiger partial charge in [-0.1, -0.05) is 23.7 Å². The van der Waals surface area contributed by atoms with Crippen molar-refractivity contribution in [3.8, 4) is 0 Å². The van der Waals surface area contributed by atoms with E-state index in [9.17, 15) is 4.79 Å². The first-order chi connectivity index (χ1) is 11.0. The number of anilines is 1. The Bertz CT molecular complexity index is 701. The molecule has 23 heavy (non-hydrogen) atoms. The van der Waals surface area contributed by atoms with Crippen molar-refractivity contribution < 1.29 is 4.79 Å². The average Bonchev–Trinajstić information content (AvgIpc) is 2.53. The lowest BCUT2D eigenvalue weighted by Crippen LogP contribution is -2.48. The molecule has 3 nitrogen and oxygen atoms in total. The van der Waals surface area contributed by atoms with E-state index >= 15 is 0 Å². The van der Waals surface area contributed by atoms with E-state index < -0.39 is 0 Å². The SMILES string of the molecule is Cc1cc(C)cc(N2CCN(C(=O)c3cccc(Cl)c3)CC2)c1. The number of benzene rings is 2. The van der Waals surface area contributed by atoms with Crippen LogP contribution in [0.25, 0.3) is 0 Å². The van der Waals surface area contributed by atoms with E-state index in [0.717, 1.165) is 26.2 Å². The number of rotatable bonds is 2. The number of amides is 1. The van der Waals surface area contributed by atoms with Crippen LogP contribution in [0, 0.1) is 13.8 Å². The van der Waals surface area contributed by atoms with Crippen LogP contribution in [-0.4, -0.2) is 37.0 Å². The summed E-state index contributed by atoms with van der Waals surface area (Å²) in [6, 6.07) is 13.8. The first-order valence-corrected chi connectivity index (χ1v) is 8.29. The largest absolute Gasteiger partial charge is 0.368 e. The molecular formula is C19H21ClN2O. The Hall–Kier alpha value is -2.00. The topological polar surface area (TPSA) is 23.6 Å². The van der Waals surface area contributed by atoms with Crippen molar-refractivity contribution in [1.29, 1.82) is 0 Å². The first kappa shape index (κ1) is 15.9. The normalized spacial score (nSPS) is 14.9. The van der Waals surface area contributed by atoms with Crippen LogP contribution in [0.1, 0.15) is 21.5 Å². The third-order valence-electron chi connectivity index (χ3n) is 4.21. The number of nitrogens with zero attached hydrogens (tertiary/aromatic N) is 2. The molecule has 0 atom stereocenters. The van der Waals surface area contributed by atoms with Gasteiger partial charge in [0.25, 0.3) is 5.91 Å². The molecule has 0 aliphatic carbocycles. The quantitative estimate of drug-likeness (QED) is 0.834. The van der Waals surface area contributed by atoms with E-state index in [1.807, 2.05) is 17.0 Å². The first-order valence-electron chi connectivity index (χ1n) is 7.91. The van der Waals surface area contributed by atoms with Crippen molar-refractivity contribution in [3.63, 3.8) is 0 Å². The average molecular weight is 329 g/mol. The molecule has 2 aromatic rings. The van der Waals surface area contributed by atoms with Crippen LogP contribution >= 0.6 is 11.6 Å². The molecule has 1 aliphatic rings. The highest BCUT2D eigenvalue weighted by Gasteiger charge is 2.22. The van der Waals surface area contributed by atoms with Crippen LogP contribution in [-0.2, 0) is 0 Å². The van der Waals surface area contributed by atoms with Crippen molar-refractivity contribution >= 4 is 23.2 Å². The van der Waals surface area contributed by atoms with Gasteiger partial charge in [-0.2, -0.15) is 0 Å². The zero-order valence-electron chi connectivity index (χ0n) is 13.6. The Morgan fingerprint density at radius 1 is 0.957 bits per heavy atom. The summed E-state index contributed by atoms with van der Waals surface area (Å²) in [5, 5.41) is 0.602. The van der Waals surface area contributed by atoms with E-state index in [4.69, 9.17) is 11.6 Å². The Labute approximate surface area is 142 Å². The standard InChI is InChI=1S/C19H21ClN2O/c1-14-10-15(2)12-18(11-14)21-6-8-22(9-7-21)19(23)16-4-3-5-17(20)13-16/h3-5,10-13H,6-9H2,1-2H3. The molecule has 2 aromatic carbocycles. The van der Waals surface area contributed by atoms with Crippen LogP contribution in [0.15, 0.2) is 42.5 Å². The molecule has 3 rings (SSSR count). The molecule has 0 N–H and O–H groups in total. The number of carbonyl (C=O) groups excluding carboxylic acids is 1. The fourth-order valence-electron chi connectivity index (χ4n) is 3.11. The highest BCUT2D eigenvalue weighted by atomic mass is 35.5. The van der Waals surface area contributed by atoms with Crippen molar-refractivity contribution in [2.24, 2.45) is 0 Å². The maximum Gasteiger partial charge on any atom is 0.254 e. The summed E-state index contributed by atoms with van der Waals surface area (Å²) in [7, 11) is 0. The molecule has 0 radical (unpaired) electrons. The minimum Gasteiger partial charge on any atom is -0.368 e. The van der Waals surface area contributed by atoms with Gasteiger partial charge in [-0.3, -0.25) is 4.79 Å². The summed E-state index contributed by atoms with van der Waals surface area (Å²) in [5.74, 6) is 0.0626.